The number of rotatable bonds is 4. The molecule has 0 aromatic rings. The molecule has 0 aliphatic carbocycles. The van der Waals surface area contributed by atoms with Gasteiger partial charge in [0.25, 0.3) is 5.92 Å². The first-order valence-corrected chi connectivity index (χ1v) is 8.53. The fraction of sp³-hybridized carbons (Fsp3) is 0.833. The van der Waals surface area contributed by atoms with Gasteiger partial charge in [0, 0.05) is 44.4 Å². The maximum Gasteiger partial charge on any atom is 0.250 e. The number of hydrogen-bond donors (Lipinski definition) is 2. The molecule has 3 nitrogen and oxygen atoms in total. The van der Waals surface area contributed by atoms with Crippen molar-refractivity contribution in [3.8, 4) is 0 Å². The maximum absolute atomic E-state index is 12.9. The molecular formula is C12H23F2N3S2. The minimum absolute atomic E-state index is 0.00153. The van der Waals surface area contributed by atoms with Crippen LogP contribution in [0.15, 0.2) is 10.4 Å². The Morgan fingerprint density at radius 1 is 1.47 bits per heavy atom. The van der Waals surface area contributed by atoms with Crippen molar-refractivity contribution in [1.29, 1.82) is 0 Å². The van der Waals surface area contributed by atoms with Gasteiger partial charge in [-0.3, -0.25) is 0 Å². The van der Waals surface area contributed by atoms with Gasteiger partial charge < -0.3 is 16.0 Å². The van der Waals surface area contributed by atoms with E-state index in [2.05, 4.69) is 10.2 Å². The highest BCUT2D eigenvalue weighted by atomic mass is 32.2. The number of nitrogens with zero attached hydrogens (tertiary/aromatic N) is 1. The van der Waals surface area contributed by atoms with Gasteiger partial charge in [-0.25, -0.2) is 8.78 Å². The Morgan fingerprint density at radius 2 is 2.11 bits per heavy atom. The van der Waals surface area contributed by atoms with Gasteiger partial charge in [-0.05, 0) is 0 Å². The molecule has 0 radical (unpaired) electrons. The number of alkyl halides is 2. The highest BCUT2D eigenvalue weighted by molar-refractivity contribution is 8.22. The molecule has 1 fully saturated rings. The molecule has 0 aromatic heterocycles. The van der Waals surface area contributed by atoms with Crippen molar-refractivity contribution >= 4 is 23.5 Å². The third-order valence-electron chi connectivity index (χ3n) is 2.85. The van der Waals surface area contributed by atoms with Gasteiger partial charge >= 0.3 is 0 Å². The molecule has 3 N–H and O–H groups in total. The zero-order valence-electron chi connectivity index (χ0n) is 11.5. The maximum atomic E-state index is 12.9. The van der Waals surface area contributed by atoms with Crippen LogP contribution in [0.3, 0.4) is 0 Å². The van der Waals surface area contributed by atoms with E-state index in [9.17, 15) is 8.78 Å². The molecule has 2 aliphatic heterocycles. The third-order valence-corrected chi connectivity index (χ3v) is 5.02. The number of halogens is 2. The molecular weight excluding hydrogens is 288 g/mol. The van der Waals surface area contributed by atoms with E-state index in [1.807, 2.05) is 20.0 Å². The summed E-state index contributed by atoms with van der Waals surface area (Å²) in [6, 6.07) is 0. The topological polar surface area (TPSA) is 41.3 Å². The molecule has 1 unspecified atom stereocenters. The van der Waals surface area contributed by atoms with Gasteiger partial charge in [-0.15, -0.1) is 11.8 Å². The highest BCUT2D eigenvalue weighted by Crippen LogP contribution is 2.33. The second-order valence-corrected chi connectivity index (χ2v) is 6.79. The van der Waals surface area contributed by atoms with E-state index in [-0.39, 0.29) is 18.3 Å². The Hall–Kier alpha value is 0.0200. The largest absolute Gasteiger partial charge is 0.366 e. The van der Waals surface area contributed by atoms with Crippen molar-refractivity contribution in [3.63, 3.8) is 0 Å². The van der Waals surface area contributed by atoms with Crippen LogP contribution in [-0.2, 0) is 0 Å². The van der Waals surface area contributed by atoms with Crippen LogP contribution in [0.1, 0.15) is 26.7 Å². The normalized spacial score (nSPS) is 26.2. The van der Waals surface area contributed by atoms with Crippen molar-refractivity contribution in [2.24, 2.45) is 5.73 Å². The van der Waals surface area contributed by atoms with Gasteiger partial charge in [0.05, 0.1) is 4.24 Å². The molecule has 0 bridgehead atoms. The first-order valence-electron chi connectivity index (χ1n) is 6.67. The van der Waals surface area contributed by atoms with Crippen LogP contribution in [0.25, 0.3) is 0 Å². The minimum Gasteiger partial charge on any atom is -0.366 e. The monoisotopic (exact) mass is 311 g/mol. The molecule has 19 heavy (non-hydrogen) atoms. The Balaban J connectivity index is 0.000000861. The first-order chi connectivity index (χ1) is 9.05. The Morgan fingerprint density at radius 3 is 2.63 bits per heavy atom. The molecule has 2 heterocycles. The lowest BCUT2D eigenvalue weighted by molar-refractivity contribution is -0.0539. The van der Waals surface area contributed by atoms with Crippen LogP contribution in [-0.4, -0.2) is 41.7 Å². The lowest BCUT2D eigenvalue weighted by Crippen LogP contribution is -2.40. The van der Waals surface area contributed by atoms with E-state index in [1.165, 1.54) is 4.24 Å². The van der Waals surface area contributed by atoms with E-state index in [0.29, 0.717) is 13.1 Å². The van der Waals surface area contributed by atoms with Gasteiger partial charge in [0.2, 0.25) is 0 Å². The molecule has 1 saturated heterocycles. The summed E-state index contributed by atoms with van der Waals surface area (Å²) >= 11 is 3.34. The van der Waals surface area contributed by atoms with Crippen LogP contribution >= 0.6 is 23.5 Å². The van der Waals surface area contributed by atoms with Gasteiger partial charge in [-0.2, -0.15) is 0 Å². The fourth-order valence-corrected chi connectivity index (χ4v) is 3.86. The molecule has 0 amide bonds. The van der Waals surface area contributed by atoms with E-state index in [4.69, 9.17) is 5.73 Å². The highest BCUT2D eigenvalue weighted by Gasteiger charge is 2.33. The van der Waals surface area contributed by atoms with Gasteiger partial charge in [0.1, 0.15) is 5.50 Å². The minimum atomic E-state index is -2.44. The van der Waals surface area contributed by atoms with E-state index in [1.54, 1.807) is 23.5 Å². The number of thioether (sulfide) groups is 2. The van der Waals surface area contributed by atoms with Crippen molar-refractivity contribution in [1.82, 2.24) is 10.2 Å². The van der Waals surface area contributed by atoms with E-state index >= 15 is 0 Å². The van der Waals surface area contributed by atoms with Crippen LogP contribution < -0.4 is 11.1 Å². The van der Waals surface area contributed by atoms with Crippen molar-refractivity contribution in [2.75, 3.05) is 25.4 Å². The van der Waals surface area contributed by atoms with Crippen LogP contribution in [0.4, 0.5) is 8.78 Å². The number of piperidine rings is 1. The summed E-state index contributed by atoms with van der Waals surface area (Å²) in [7, 11) is 0. The number of nitrogens with two attached hydrogens (primary N) is 1. The predicted molar refractivity (Wildman–Crippen MR) is 81.2 cm³/mol. The lowest BCUT2D eigenvalue weighted by atomic mass is 10.1. The zero-order valence-corrected chi connectivity index (χ0v) is 13.1. The van der Waals surface area contributed by atoms with Crippen molar-refractivity contribution < 1.29 is 8.78 Å². The quantitative estimate of drug-likeness (QED) is 0.835. The summed E-state index contributed by atoms with van der Waals surface area (Å²) in [5.74, 6) is -1.51. The van der Waals surface area contributed by atoms with Crippen LogP contribution in [0.2, 0.25) is 0 Å². The van der Waals surface area contributed by atoms with Crippen molar-refractivity contribution in [3.05, 3.63) is 10.4 Å². The summed E-state index contributed by atoms with van der Waals surface area (Å²) in [4.78, 5) is 2.11. The standard InChI is InChI=1S/C10H17F2N3S2.C2H6/c11-10(12)1-3-15(4-2-10)5-6-16-8-7-14-9(13)17-8;1-2/h7,9,14H,1-6,13H2;1-2H3. The number of hydrogen-bond acceptors (Lipinski definition) is 5. The summed E-state index contributed by atoms with van der Waals surface area (Å²) in [5.41, 5.74) is 5.63. The summed E-state index contributed by atoms with van der Waals surface area (Å²) < 4.78 is 27.0. The average molecular weight is 311 g/mol. The summed E-state index contributed by atoms with van der Waals surface area (Å²) in [5, 5.41) is 3.01. The molecule has 0 saturated carbocycles. The fourth-order valence-electron chi connectivity index (χ4n) is 1.80. The lowest BCUT2D eigenvalue weighted by Gasteiger charge is -2.31. The molecule has 2 rings (SSSR count). The first kappa shape index (κ1) is 17.1. The molecule has 1 atom stereocenters. The second-order valence-electron chi connectivity index (χ2n) is 4.21. The Bertz CT molecular complexity index is 291. The average Bonchev–Trinajstić information content (AvgIpc) is 2.80. The molecule has 7 heteroatoms. The summed E-state index contributed by atoms with van der Waals surface area (Å²) in [6.45, 7) is 5.89. The predicted octanol–water partition coefficient (Wildman–Crippen LogP) is 2.85. The number of likely N-dealkylation sites (tertiary alicyclic amines) is 1. The Kier molecular flexibility index (Phi) is 7.49. The van der Waals surface area contributed by atoms with Crippen molar-refractivity contribution in [2.45, 2.75) is 38.1 Å². The van der Waals surface area contributed by atoms with Gasteiger partial charge in [-0.1, -0.05) is 25.6 Å². The zero-order chi connectivity index (χ0) is 14.3. The van der Waals surface area contributed by atoms with E-state index < -0.39 is 5.92 Å². The SMILES string of the molecule is CC.NC1NC=C(SCCN2CCC(F)(F)CC2)S1. The van der Waals surface area contributed by atoms with E-state index in [0.717, 1.165) is 12.3 Å². The smallest absolute Gasteiger partial charge is 0.250 e. The molecule has 112 valence electrons. The van der Waals surface area contributed by atoms with Crippen LogP contribution in [0, 0.1) is 0 Å². The number of nitrogens with one attached hydrogen (secondary N) is 1. The second kappa shape index (κ2) is 8.34. The summed E-state index contributed by atoms with van der Waals surface area (Å²) in [6.07, 6.45) is 1.92. The molecule has 2 aliphatic rings. The Labute approximate surface area is 122 Å². The van der Waals surface area contributed by atoms with Crippen LogP contribution in [0.5, 0.6) is 0 Å². The molecule has 0 spiro atoms. The van der Waals surface area contributed by atoms with Gasteiger partial charge in [0.15, 0.2) is 0 Å². The third kappa shape index (κ3) is 6.33. The molecule has 0 aromatic carbocycles.